The second-order valence-electron chi connectivity index (χ2n) is 4.81. The molecule has 1 aromatic rings. The van der Waals surface area contributed by atoms with E-state index in [1.165, 1.54) is 19.4 Å². The molecule has 1 unspecified atom stereocenters. The summed E-state index contributed by atoms with van der Waals surface area (Å²) in [4.78, 5) is 2.47. The summed E-state index contributed by atoms with van der Waals surface area (Å²) in [5.74, 6) is 0.991. The van der Waals surface area contributed by atoms with E-state index < -0.39 is 0 Å². The smallest absolute Gasteiger partial charge is 0.146 e. The van der Waals surface area contributed by atoms with Crippen LogP contribution in [0.2, 0.25) is 0 Å². The summed E-state index contributed by atoms with van der Waals surface area (Å²) in [6.45, 7) is 11.0. The molecule has 0 aromatic carbocycles. The molecule has 1 N–H and O–H groups in total. The van der Waals surface area contributed by atoms with Crippen LogP contribution in [0.4, 0.5) is 0 Å². The summed E-state index contributed by atoms with van der Waals surface area (Å²) in [7, 11) is 1.97. The first-order valence-electron chi connectivity index (χ1n) is 6.96. The largest absolute Gasteiger partial charge is 0.320 e. The van der Waals surface area contributed by atoms with Crippen molar-refractivity contribution in [2.24, 2.45) is 7.05 Å². The third-order valence-corrected chi connectivity index (χ3v) is 3.42. The van der Waals surface area contributed by atoms with Crippen LogP contribution in [0.15, 0.2) is 6.33 Å². The normalized spacial score (nSPS) is 13.2. The number of aryl methyl sites for hydroxylation is 1. The zero-order valence-electron chi connectivity index (χ0n) is 12.2. The number of nitrogens with zero attached hydrogens (tertiary/aromatic N) is 4. The van der Waals surface area contributed by atoms with Gasteiger partial charge in [0.05, 0.1) is 6.54 Å². The van der Waals surface area contributed by atoms with Crippen LogP contribution >= 0.6 is 0 Å². The summed E-state index contributed by atoms with van der Waals surface area (Å²) in [5, 5.41) is 11.4. The van der Waals surface area contributed by atoms with Gasteiger partial charge < -0.3 is 14.8 Å². The summed E-state index contributed by atoms with van der Waals surface area (Å²) >= 11 is 0. The highest BCUT2D eigenvalue weighted by molar-refractivity contribution is 4.83. The highest BCUT2D eigenvalue weighted by atomic mass is 15.3. The van der Waals surface area contributed by atoms with Crippen LogP contribution in [0.1, 0.15) is 39.4 Å². The van der Waals surface area contributed by atoms with E-state index in [9.17, 15) is 0 Å². The lowest BCUT2D eigenvalue weighted by Gasteiger charge is -2.19. The summed E-state index contributed by atoms with van der Waals surface area (Å²) in [6.07, 6.45) is 4.19. The lowest BCUT2D eigenvalue weighted by atomic mass is 10.1. The molecule has 0 saturated heterocycles. The average molecular weight is 253 g/mol. The van der Waals surface area contributed by atoms with Crippen molar-refractivity contribution in [1.29, 1.82) is 0 Å². The van der Waals surface area contributed by atoms with Crippen LogP contribution in [0.3, 0.4) is 0 Å². The predicted octanol–water partition coefficient (Wildman–Crippen LogP) is 1.42. The Morgan fingerprint density at radius 1 is 1.39 bits per heavy atom. The van der Waals surface area contributed by atoms with Crippen molar-refractivity contribution in [1.82, 2.24) is 25.0 Å². The highest BCUT2D eigenvalue weighted by Gasteiger charge is 2.06. The van der Waals surface area contributed by atoms with Crippen molar-refractivity contribution in [2.75, 3.05) is 19.6 Å². The third kappa shape index (κ3) is 5.14. The highest BCUT2D eigenvalue weighted by Crippen LogP contribution is 2.01. The van der Waals surface area contributed by atoms with E-state index in [4.69, 9.17) is 0 Å². The molecular weight excluding hydrogens is 226 g/mol. The monoisotopic (exact) mass is 253 g/mol. The maximum Gasteiger partial charge on any atom is 0.146 e. The van der Waals surface area contributed by atoms with Gasteiger partial charge in [0.15, 0.2) is 0 Å². The van der Waals surface area contributed by atoms with Gasteiger partial charge in [0.1, 0.15) is 12.2 Å². The van der Waals surface area contributed by atoms with Gasteiger partial charge in [0, 0.05) is 13.1 Å². The van der Waals surface area contributed by atoms with Crippen molar-refractivity contribution in [3.8, 4) is 0 Å². The molecule has 0 aliphatic heterocycles. The van der Waals surface area contributed by atoms with Crippen molar-refractivity contribution < 1.29 is 0 Å². The summed E-state index contributed by atoms with van der Waals surface area (Å²) in [6, 6.07) is 0.525. The van der Waals surface area contributed by atoms with Gasteiger partial charge in [-0.2, -0.15) is 0 Å². The van der Waals surface area contributed by atoms with Crippen LogP contribution in [-0.2, 0) is 13.6 Å². The first-order chi connectivity index (χ1) is 8.67. The molecule has 1 heterocycles. The maximum absolute atomic E-state index is 4.07. The molecule has 0 radical (unpaired) electrons. The number of aromatic nitrogens is 3. The van der Waals surface area contributed by atoms with Gasteiger partial charge in [-0.3, -0.25) is 0 Å². The maximum atomic E-state index is 4.07. The molecule has 1 atom stereocenters. The van der Waals surface area contributed by atoms with Gasteiger partial charge in [-0.05, 0) is 39.4 Å². The van der Waals surface area contributed by atoms with Crippen molar-refractivity contribution >= 4 is 0 Å². The first kappa shape index (κ1) is 15.1. The van der Waals surface area contributed by atoms with Crippen LogP contribution < -0.4 is 5.32 Å². The van der Waals surface area contributed by atoms with Crippen LogP contribution in [0.25, 0.3) is 0 Å². The Morgan fingerprint density at radius 3 is 2.67 bits per heavy atom. The molecule has 104 valence electrons. The van der Waals surface area contributed by atoms with E-state index in [1.54, 1.807) is 6.33 Å². The van der Waals surface area contributed by atoms with Crippen molar-refractivity contribution in [3.63, 3.8) is 0 Å². The Balaban J connectivity index is 2.14. The second kappa shape index (κ2) is 8.21. The Labute approximate surface area is 111 Å². The molecule has 0 spiro atoms. The number of hydrogen-bond acceptors (Lipinski definition) is 4. The average Bonchev–Trinajstić information content (AvgIpc) is 2.78. The molecule has 0 aliphatic rings. The van der Waals surface area contributed by atoms with E-state index in [0.29, 0.717) is 6.04 Å². The number of nitrogens with one attached hydrogen (secondary N) is 1. The topological polar surface area (TPSA) is 46.0 Å². The Bertz CT molecular complexity index is 319. The molecule has 18 heavy (non-hydrogen) atoms. The van der Waals surface area contributed by atoms with E-state index in [1.807, 2.05) is 11.6 Å². The van der Waals surface area contributed by atoms with Gasteiger partial charge in [0.25, 0.3) is 0 Å². The van der Waals surface area contributed by atoms with Gasteiger partial charge in [-0.25, -0.2) is 0 Å². The fraction of sp³-hybridized carbons (Fsp3) is 0.846. The molecule has 0 bridgehead atoms. The van der Waals surface area contributed by atoms with Crippen LogP contribution in [0, 0.1) is 0 Å². The van der Waals surface area contributed by atoms with Gasteiger partial charge in [-0.15, -0.1) is 10.2 Å². The second-order valence-corrected chi connectivity index (χ2v) is 4.81. The van der Waals surface area contributed by atoms with Crippen LogP contribution in [0.5, 0.6) is 0 Å². The fourth-order valence-electron chi connectivity index (χ4n) is 2.00. The Morgan fingerprint density at radius 2 is 2.11 bits per heavy atom. The molecule has 0 fully saturated rings. The van der Waals surface area contributed by atoms with E-state index in [-0.39, 0.29) is 0 Å². The standard InChI is InChI=1S/C13H27N5/c1-5-18(6-2)9-7-8-12(3)14-10-13-16-15-11-17(13)4/h11-12,14H,5-10H2,1-4H3. The number of rotatable bonds is 9. The molecule has 5 nitrogen and oxygen atoms in total. The lowest BCUT2D eigenvalue weighted by Crippen LogP contribution is -2.29. The van der Waals surface area contributed by atoms with E-state index >= 15 is 0 Å². The minimum Gasteiger partial charge on any atom is -0.320 e. The first-order valence-corrected chi connectivity index (χ1v) is 6.96. The van der Waals surface area contributed by atoms with E-state index in [0.717, 1.165) is 25.5 Å². The zero-order valence-corrected chi connectivity index (χ0v) is 12.2. The van der Waals surface area contributed by atoms with Gasteiger partial charge in [-0.1, -0.05) is 13.8 Å². The lowest BCUT2D eigenvalue weighted by molar-refractivity contribution is 0.290. The van der Waals surface area contributed by atoms with E-state index in [2.05, 4.69) is 41.2 Å². The molecule has 1 aromatic heterocycles. The summed E-state index contributed by atoms with van der Waals surface area (Å²) in [5.41, 5.74) is 0. The van der Waals surface area contributed by atoms with Crippen molar-refractivity contribution in [3.05, 3.63) is 12.2 Å². The molecule has 0 saturated carbocycles. The van der Waals surface area contributed by atoms with Gasteiger partial charge >= 0.3 is 0 Å². The fourth-order valence-corrected chi connectivity index (χ4v) is 2.00. The van der Waals surface area contributed by atoms with Crippen LogP contribution in [-0.4, -0.2) is 45.3 Å². The third-order valence-electron chi connectivity index (χ3n) is 3.42. The minimum atomic E-state index is 0.525. The molecule has 5 heteroatoms. The molecular formula is C13H27N5. The molecule has 1 rings (SSSR count). The SMILES string of the molecule is CCN(CC)CCCC(C)NCc1nncn1C. The van der Waals surface area contributed by atoms with Gasteiger partial charge in [0.2, 0.25) is 0 Å². The molecule has 0 amide bonds. The Kier molecular flexibility index (Phi) is 6.90. The van der Waals surface area contributed by atoms with Crippen molar-refractivity contribution in [2.45, 2.75) is 46.2 Å². The minimum absolute atomic E-state index is 0.525. The molecule has 0 aliphatic carbocycles. The zero-order chi connectivity index (χ0) is 13.4. The Hall–Kier alpha value is -0.940. The summed E-state index contributed by atoms with van der Waals surface area (Å²) < 4.78 is 1.95. The predicted molar refractivity (Wildman–Crippen MR) is 74.3 cm³/mol. The number of hydrogen-bond donors (Lipinski definition) is 1. The quantitative estimate of drug-likeness (QED) is 0.723.